The molecule has 0 radical (unpaired) electrons. The van der Waals surface area contributed by atoms with E-state index in [2.05, 4.69) is 27.4 Å². The van der Waals surface area contributed by atoms with Crippen LogP contribution in [0.15, 0.2) is 83.6 Å². The van der Waals surface area contributed by atoms with Crippen molar-refractivity contribution in [1.82, 2.24) is 20.1 Å². The Balaban J connectivity index is 1.32. The number of aryl methyl sites for hydroxylation is 1. The maximum absolute atomic E-state index is 13.4. The van der Waals surface area contributed by atoms with E-state index in [1.807, 2.05) is 76.2 Å². The van der Waals surface area contributed by atoms with Gasteiger partial charge in [-0.05, 0) is 81.3 Å². The molecule has 1 aliphatic carbocycles. The summed E-state index contributed by atoms with van der Waals surface area (Å²) in [5, 5.41) is 23.4. The number of nitrogens with two attached hydrogens (primary N) is 1. The van der Waals surface area contributed by atoms with Gasteiger partial charge in [-0.3, -0.25) is 20.7 Å². The monoisotopic (exact) mass is 636 g/mol. The van der Waals surface area contributed by atoms with Crippen molar-refractivity contribution in [2.45, 2.75) is 84.9 Å². The van der Waals surface area contributed by atoms with Gasteiger partial charge < -0.3 is 20.7 Å². The van der Waals surface area contributed by atoms with Crippen molar-refractivity contribution in [2.75, 3.05) is 6.54 Å². The summed E-state index contributed by atoms with van der Waals surface area (Å²) in [5.41, 5.74) is 10.7. The third-order valence-corrected chi connectivity index (χ3v) is 8.93. The van der Waals surface area contributed by atoms with Crippen molar-refractivity contribution in [2.24, 2.45) is 16.1 Å². The van der Waals surface area contributed by atoms with Crippen LogP contribution in [-0.4, -0.2) is 39.9 Å². The lowest BCUT2D eigenvalue weighted by molar-refractivity contribution is 0.170. The summed E-state index contributed by atoms with van der Waals surface area (Å²) in [7, 11) is 0. The first kappa shape index (κ1) is 33.5. The van der Waals surface area contributed by atoms with Crippen molar-refractivity contribution in [3.8, 4) is 5.75 Å². The minimum absolute atomic E-state index is 0.232. The maximum Gasteiger partial charge on any atom is 0.320 e. The van der Waals surface area contributed by atoms with Gasteiger partial charge in [0.2, 0.25) is 5.96 Å². The third kappa shape index (κ3) is 8.30. The van der Waals surface area contributed by atoms with Crippen LogP contribution in [0.3, 0.4) is 0 Å². The fraction of sp³-hybridized carbons (Fsp3) is 0.405. The molecule has 0 unspecified atom stereocenters. The number of carbonyl (C=O) groups excluding carboxylic acids is 1. The largest absolute Gasteiger partial charge is 0.484 e. The van der Waals surface area contributed by atoms with E-state index in [9.17, 15) is 4.79 Å². The molecule has 1 fully saturated rings. The van der Waals surface area contributed by atoms with Crippen LogP contribution in [0, 0.1) is 23.2 Å². The second-order valence-electron chi connectivity index (χ2n) is 13.6. The van der Waals surface area contributed by atoms with Crippen LogP contribution in [0.5, 0.6) is 5.75 Å². The zero-order chi connectivity index (χ0) is 33.7. The number of nitrogens with one attached hydrogen (secondary N) is 4. The summed E-state index contributed by atoms with van der Waals surface area (Å²) in [6.07, 6.45) is 7.82. The molecule has 1 aromatic heterocycles. The van der Waals surface area contributed by atoms with Gasteiger partial charge in [0.25, 0.3) is 0 Å². The molecule has 3 aromatic rings. The van der Waals surface area contributed by atoms with Crippen molar-refractivity contribution in [1.29, 1.82) is 10.8 Å². The number of likely N-dealkylation sites (tertiary alicyclic amines) is 1. The number of fused-ring (bicyclic) bond motifs is 1. The summed E-state index contributed by atoms with van der Waals surface area (Å²) >= 11 is 0. The average Bonchev–Trinajstić information content (AvgIpc) is 3.03. The highest BCUT2D eigenvalue weighted by atomic mass is 16.5. The topological polar surface area (TPSA) is 145 Å². The highest BCUT2D eigenvalue weighted by Crippen LogP contribution is 2.38. The molecule has 3 atom stereocenters. The highest BCUT2D eigenvalue weighted by molar-refractivity contribution is 6.05. The number of amidine groups is 1. The predicted molar refractivity (Wildman–Crippen MR) is 187 cm³/mol. The smallest absolute Gasteiger partial charge is 0.320 e. The molecular weight excluding hydrogens is 588 g/mol. The second-order valence-corrected chi connectivity index (χ2v) is 13.6. The number of amides is 2. The van der Waals surface area contributed by atoms with Crippen LogP contribution in [0.25, 0.3) is 0 Å². The molecule has 5 rings (SSSR count). The average molecular weight is 637 g/mol. The van der Waals surface area contributed by atoms with Gasteiger partial charge in [0, 0.05) is 29.8 Å². The summed E-state index contributed by atoms with van der Waals surface area (Å²) in [6, 6.07) is 18.9. The number of carbonyl (C=O) groups is 1. The van der Waals surface area contributed by atoms with E-state index in [4.69, 9.17) is 21.3 Å². The summed E-state index contributed by atoms with van der Waals surface area (Å²) in [4.78, 5) is 20.2. The number of aromatic nitrogens is 1. The van der Waals surface area contributed by atoms with Crippen LogP contribution >= 0.6 is 0 Å². The molecule has 2 aromatic carbocycles. The maximum atomic E-state index is 13.4. The summed E-state index contributed by atoms with van der Waals surface area (Å²) < 4.78 is 8.12. The molecule has 47 heavy (non-hydrogen) atoms. The van der Waals surface area contributed by atoms with E-state index < -0.39 is 0 Å². The van der Waals surface area contributed by atoms with E-state index in [0.29, 0.717) is 41.8 Å². The molecule has 1 saturated heterocycles. The van der Waals surface area contributed by atoms with Gasteiger partial charge in [0.15, 0.2) is 0 Å². The Bertz CT molecular complexity index is 1720. The third-order valence-electron chi connectivity index (χ3n) is 8.93. The van der Waals surface area contributed by atoms with Crippen LogP contribution < -0.4 is 26.6 Å². The first-order valence-corrected chi connectivity index (χ1v) is 16.5. The first-order valence-electron chi connectivity index (χ1n) is 16.5. The van der Waals surface area contributed by atoms with Crippen molar-refractivity contribution < 1.29 is 9.53 Å². The van der Waals surface area contributed by atoms with Gasteiger partial charge in [-0.2, -0.15) is 0 Å². The number of urea groups is 1. The predicted octanol–water partition coefficient (Wildman–Crippen LogP) is 6.81. The Morgan fingerprint density at radius 2 is 1.74 bits per heavy atom. The van der Waals surface area contributed by atoms with Crippen LogP contribution in [0.1, 0.15) is 88.6 Å². The molecule has 0 saturated carbocycles. The number of rotatable bonds is 5. The van der Waals surface area contributed by atoms with E-state index in [1.54, 1.807) is 29.0 Å². The van der Waals surface area contributed by atoms with Gasteiger partial charge in [-0.25, -0.2) is 9.79 Å². The number of nitrogens with zero attached hydrogens (tertiary/aromatic N) is 3. The Kier molecular flexibility index (Phi) is 10.2. The Hall–Kier alpha value is -4.86. The van der Waals surface area contributed by atoms with Crippen LogP contribution in [0.2, 0.25) is 0 Å². The number of pyridine rings is 1. The fourth-order valence-electron chi connectivity index (χ4n) is 5.99. The van der Waals surface area contributed by atoms with Crippen LogP contribution in [0.4, 0.5) is 10.5 Å². The Morgan fingerprint density at radius 1 is 1.02 bits per heavy atom. The highest BCUT2D eigenvalue weighted by Gasteiger charge is 2.30. The van der Waals surface area contributed by atoms with Gasteiger partial charge >= 0.3 is 6.03 Å². The molecule has 6 N–H and O–H groups in total. The molecule has 2 aliphatic rings. The second kappa shape index (κ2) is 14.3. The number of ether oxygens (including phenoxy) is 1. The Labute approximate surface area is 277 Å². The number of aliphatic imine (C=N–C) groups is 1. The van der Waals surface area contributed by atoms with Crippen LogP contribution in [-0.2, 0) is 0 Å². The molecule has 248 valence electrons. The van der Waals surface area contributed by atoms with Crippen molar-refractivity contribution in [3.05, 3.63) is 101 Å². The lowest BCUT2D eigenvalue weighted by Gasteiger charge is -2.36. The lowest BCUT2D eigenvalue weighted by Crippen LogP contribution is -2.47. The summed E-state index contributed by atoms with van der Waals surface area (Å²) in [6.45, 7) is 11.0. The molecule has 0 spiro atoms. The number of hydrogen-bond donors (Lipinski definition) is 5. The quantitative estimate of drug-likeness (QED) is 0.155. The van der Waals surface area contributed by atoms with Gasteiger partial charge in [-0.1, -0.05) is 62.7 Å². The fourth-order valence-corrected chi connectivity index (χ4v) is 5.99. The summed E-state index contributed by atoms with van der Waals surface area (Å²) in [5.74, 6) is 1.26. The standard InChI is InChI=1S/C37H48N8O2/c1-24-13-15-26(16-14-24)41-34(22-32(38)37(3,4)5)43-36(46)42-30-18-19-31(29-12-7-6-11-28(29)30)47-27-17-20-33(39)45(23-27)35(40)44-21-9-8-10-25(44)2/h6-7,11-17,20,22-23,25,30-31,39-40H,8-10,18-19,21,38H2,1-5H3,(H2,41,42,43,46)/b32-22-,39-33?,40-35?/t25-,30+,31-/m1/s1. The molecule has 2 amide bonds. The normalized spacial score (nSPS) is 20.3. The number of piperidine rings is 1. The SMILES string of the molecule is Cc1ccc(N=C(/C=C(\N)C(C)(C)C)NC(=O)N[C@H]2CC[C@@H](Oc3ccc(=N)n(C(=N)N4CCCC[C@H]4C)c3)c3ccccc32)cc1. The minimum atomic E-state index is -0.370. The molecule has 1 aliphatic heterocycles. The van der Waals surface area contributed by atoms with Crippen molar-refractivity contribution >= 4 is 23.5 Å². The molecule has 0 bridgehead atoms. The Morgan fingerprint density at radius 3 is 2.45 bits per heavy atom. The van der Waals surface area contributed by atoms with Crippen molar-refractivity contribution in [3.63, 3.8) is 0 Å². The molecule has 10 nitrogen and oxygen atoms in total. The zero-order valence-electron chi connectivity index (χ0n) is 28.1. The zero-order valence-corrected chi connectivity index (χ0v) is 28.1. The van der Waals surface area contributed by atoms with E-state index in [-0.39, 0.29) is 35.1 Å². The van der Waals surface area contributed by atoms with Gasteiger partial charge in [0.05, 0.1) is 17.9 Å². The minimum Gasteiger partial charge on any atom is -0.484 e. The number of benzene rings is 2. The van der Waals surface area contributed by atoms with E-state index >= 15 is 0 Å². The van der Waals surface area contributed by atoms with Gasteiger partial charge in [-0.15, -0.1) is 0 Å². The number of hydrogen-bond acceptors (Lipinski definition) is 6. The molecular formula is C37H48N8O2. The first-order chi connectivity index (χ1) is 22.4. The number of allylic oxidation sites excluding steroid dienone is 1. The van der Waals surface area contributed by atoms with E-state index in [1.165, 1.54) is 0 Å². The molecule has 10 heteroatoms. The lowest BCUT2D eigenvalue weighted by atomic mass is 9.85. The van der Waals surface area contributed by atoms with Gasteiger partial charge in [0.1, 0.15) is 23.2 Å². The molecule has 2 heterocycles. The van der Waals surface area contributed by atoms with E-state index in [0.717, 1.165) is 42.5 Å².